The number of nitrogens with two attached hydrogens (primary N) is 1. The molecule has 1 aromatic carbocycles. The smallest absolute Gasteiger partial charge is 0.234 e. The van der Waals surface area contributed by atoms with E-state index in [0.29, 0.717) is 21.3 Å². The van der Waals surface area contributed by atoms with Crippen LogP contribution in [0.25, 0.3) is 0 Å². The highest BCUT2D eigenvalue weighted by molar-refractivity contribution is 8.00. The predicted octanol–water partition coefficient (Wildman–Crippen LogP) is 2.31. The summed E-state index contributed by atoms with van der Waals surface area (Å²) in [6.07, 6.45) is 3.00. The fourth-order valence-corrected chi connectivity index (χ4v) is 2.36. The number of nitrogen functional groups attached to an aromatic ring is 1. The van der Waals surface area contributed by atoms with Gasteiger partial charge < -0.3 is 11.1 Å². The number of hydrogen-bond acceptors (Lipinski definition) is 6. The molecular formula is C13H10ClN5OS. The summed E-state index contributed by atoms with van der Waals surface area (Å²) in [6.45, 7) is 0. The third-order valence-electron chi connectivity index (χ3n) is 2.40. The molecule has 0 aliphatic carbocycles. The lowest BCUT2D eigenvalue weighted by molar-refractivity contribution is -0.113. The summed E-state index contributed by atoms with van der Waals surface area (Å²) in [7, 11) is 0. The third kappa shape index (κ3) is 4.08. The minimum absolute atomic E-state index is 0.139. The first kappa shape index (κ1) is 15.1. The lowest BCUT2D eigenvalue weighted by Crippen LogP contribution is -2.14. The van der Waals surface area contributed by atoms with Crippen molar-refractivity contribution >= 4 is 40.8 Å². The summed E-state index contributed by atoms with van der Waals surface area (Å²) in [4.78, 5) is 19.8. The monoisotopic (exact) mass is 319 g/mol. The molecular weight excluding hydrogens is 310 g/mol. The van der Waals surface area contributed by atoms with Gasteiger partial charge in [0.15, 0.2) is 5.82 Å². The quantitative estimate of drug-likeness (QED) is 0.838. The maximum Gasteiger partial charge on any atom is 0.234 e. The molecule has 0 bridgehead atoms. The van der Waals surface area contributed by atoms with Gasteiger partial charge in [0.1, 0.15) is 11.1 Å². The maximum absolute atomic E-state index is 11.8. The summed E-state index contributed by atoms with van der Waals surface area (Å²) in [5.41, 5.74) is 6.52. The second-order valence-electron chi connectivity index (χ2n) is 3.89. The molecule has 106 valence electrons. The number of anilines is 2. The van der Waals surface area contributed by atoms with Crippen LogP contribution in [0.4, 0.5) is 11.5 Å². The van der Waals surface area contributed by atoms with Gasteiger partial charge in [0.2, 0.25) is 5.91 Å². The molecule has 6 nitrogen and oxygen atoms in total. The predicted molar refractivity (Wildman–Crippen MR) is 82.0 cm³/mol. The Kier molecular flexibility index (Phi) is 4.98. The molecule has 1 aromatic heterocycles. The van der Waals surface area contributed by atoms with Crippen molar-refractivity contribution in [3.63, 3.8) is 0 Å². The number of amides is 1. The molecule has 0 unspecified atom stereocenters. The van der Waals surface area contributed by atoms with Gasteiger partial charge in [0, 0.05) is 18.1 Å². The Morgan fingerprint density at radius 2 is 2.19 bits per heavy atom. The number of rotatable bonds is 4. The van der Waals surface area contributed by atoms with Gasteiger partial charge in [-0.1, -0.05) is 23.4 Å². The molecule has 0 radical (unpaired) electrons. The Morgan fingerprint density at radius 1 is 1.43 bits per heavy atom. The average Bonchev–Trinajstić information content (AvgIpc) is 2.46. The maximum atomic E-state index is 11.8. The lowest BCUT2D eigenvalue weighted by atomic mass is 10.2. The minimum atomic E-state index is -0.231. The van der Waals surface area contributed by atoms with Crippen LogP contribution in [0.5, 0.6) is 0 Å². The molecule has 2 aromatic rings. The van der Waals surface area contributed by atoms with E-state index in [1.165, 1.54) is 30.2 Å². The normalized spacial score (nSPS) is 9.90. The van der Waals surface area contributed by atoms with Gasteiger partial charge >= 0.3 is 0 Å². The largest absolute Gasteiger partial charge is 0.381 e. The third-order valence-corrected chi connectivity index (χ3v) is 3.71. The van der Waals surface area contributed by atoms with E-state index in [4.69, 9.17) is 22.6 Å². The van der Waals surface area contributed by atoms with Crippen LogP contribution in [0, 0.1) is 11.3 Å². The number of nitrogens with zero attached hydrogens (tertiary/aromatic N) is 3. The fraction of sp³-hybridized carbons (Fsp3) is 0.0769. The first-order chi connectivity index (χ1) is 10.1. The second kappa shape index (κ2) is 6.92. The van der Waals surface area contributed by atoms with Crippen molar-refractivity contribution in [1.82, 2.24) is 9.97 Å². The van der Waals surface area contributed by atoms with Gasteiger partial charge in [0.25, 0.3) is 0 Å². The summed E-state index contributed by atoms with van der Waals surface area (Å²) < 4.78 is 0. The number of carbonyl (C=O) groups is 1. The van der Waals surface area contributed by atoms with E-state index in [1.807, 2.05) is 6.07 Å². The molecule has 0 atom stereocenters. The Bertz CT molecular complexity index is 716. The highest BCUT2D eigenvalue weighted by Crippen LogP contribution is 2.22. The summed E-state index contributed by atoms with van der Waals surface area (Å²) in [6, 6.07) is 6.64. The number of carbonyl (C=O) groups excluding carboxylic acids is 1. The summed E-state index contributed by atoms with van der Waals surface area (Å²) >= 11 is 7.08. The first-order valence-electron chi connectivity index (χ1n) is 5.79. The van der Waals surface area contributed by atoms with Gasteiger partial charge in [-0.25, -0.2) is 9.97 Å². The van der Waals surface area contributed by atoms with Crippen LogP contribution in [0.2, 0.25) is 5.02 Å². The highest BCUT2D eigenvalue weighted by atomic mass is 35.5. The number of thioether (sulfide) groups is 1. The zero-order valence-electron chi connectivity index (χ0n) is 10.7. The SMILES string of the molecule is N#Cc1ccc(NC(=O)CSc2nccnc2N)cc1Cl. The fourth-order valence-electron chi connectivity index (χ4n) is 1.46. The molecule has 2 rings (SSSR count). The standard InChI is InChI=1S/C13H10ClN5OS/c14-10-5-9(2-1-8(10)6-15)19-11(20)7-21-13-12(16)17-3-4-18-13/h1-5H,7H2,(H2,16,17)(H,19,20). The van der Waals surface area contributed by atoms with Crippen LogP contribution in [-0.4, -0.2) is 21.6 Å². The van der Waals surface area contributed by atoms with Crippen molar-refractivity contribution in [2.24, 2.45) is 0 Å². The summed E-state index contributed by atoms with van der Waals surface area (Å²) in [5, 5.41) is 12.3. The van der Waals surface area contributed by atoms with Crippen LogP contribution in [0.1, 0.15) is 5.56 Å². The molecule has 1 heterocycles. The number of halogens is 1. The molecule has 0 aliphatic heterocycles. The number of nitrogens with one attached hydrogen (secondary N) is 1. The van der Waals surface area contributed by atoms with E-state index < -0.39 is 0 Å². The molecule has 0 saturated carbocycles. The molecule has 21 heavy (non-hydrogen) atoms. The van der Waals surface area contributed by atoms with Crippen molar-refractivity contribution < 1.29 is 4.79 Å². The van der Waals surface area contributed by atoms with Crippen LogP contribution >= 0.6 is 23.4 Å². The van der Waals surface area contributed by atoms with Crippen molar-refractivity contribution in [3.05, 3.63) is 41.2 Å². The van der Waals surface area contributed by atoms with Gasteiger partial charge in [-0.15, -0.1) is 0 Å². The first-order valence-corrected chi connectivity index (χ1v) is 7.15. The number of aromatic nitrogens is 2. The van der Waals surface area contributed by atoms with Crippen molar-refractivity contribution in [2.45, 2.75) is 5.03 Å². The van der Waals surface area contributed by atoms with E-state index in [0.717, 1.165) is 0 Å². The molecule has 8 heteroatoms. The number of hydrogen-bond donors (Lipinski definition) is 2. The minimum Gasteiger partial charge on any atom is -0.381 e. The van der Waals surface area contributed by atoms with Crippen molar-refractivity contribution in [2.75, 3.05) is 16.8 Å². The number of nitriles is 1. The van der Waals surface area contributed by atoms with E-state index in [1.54, 1.807) is 12.1 Å². The summed E-state index contributed by atoms with van der Waals surface area (Å²) in [5.74, 6) is 0.197. The highest BCUT2D eigenvalue weighted by Gasteiger charge is 2.08. The van der Waals surface area contributed by atoms with E-state index in [9.17, 15) is 4.79 Å². The zero-order valence-corrected chi connectivity index (χ0v) is 12.3. The Morgan fingerprint density at radius 3 is 2.86 bits per heavy atom. The van der Waals surface area contributed by atoms with Gasteiger partial charge in [-0.3, -0.25) is 4.79 Å². The zero-order chi connectivity index (χ0) is 15.2. The molecule has 0 saturated heterocycles. The second-order valence-corrected chi connectivity index (χ2v) is 5.26. The van der Waals surface area contributed by atoms with Crippen LogP contribution in [0.15, 0.2) is 35.6 Å². The molecule has 0 spiro atoms. The van der Waals surface area contributed by atoms with Crippen LogP contribution in [-0.2, 0) is 4.79 Å². The Labute approximate surface area is 130 Å². The molecule has 3 N–H and O–H groups in total. The van der Waals surface area contributed by atoms with Crippen LogP contribution < -0.4 is 11.1 Å². The Balaban J connectivity index is 1.95. The van der Waals surface area contributed by atoms with Crippen LogP contribution in [0.3, 0.4) is 0 Å². The molecule has 1 amide bonds. The van der Waals surface area contributed by atoms with E-state index >= 15 is 0 Å². The Hall–Kier alpha value is -2.30. The van der Waals surface area contributed by atoms with Gasteiger partial charge in [0.05, 0.1) is 16.3 Å². The number of benzene rings is 1. The van der Waals surface area contributed by atoms with Gasteiger partial charge in [-0.2, -0.15) is 5.26 Å². The van der Waals surface area contributed by atoms with Crippen molar-refractivity contribution in [1.29, 1.82) is 5.26 Å². The van der Waals surface area contributed by atoms with E-state index in [-0.39, 0.29) is 17.5 Å². The van der Waals surface area contributed by atoms with E-state index in [2.05, 4.69) is 15.3 Å². The van der Waals surface area contributed by atoms with Gasteiger partial charge in [-0.05, 0) is 18.2 Å². The lowest BCUT2D eigenvalue weighted by Gasteiger charge is -2.06. The van der Waals surface area contributed by atoms with Crippen molar-refractivity contribution in [3.8, 4) is 6.07 Å². The molecule has 0 fully saturated rings. The molecule has 0 aliphatic rings. The topological polar surface area (TPSA) is 105 Å². The average molecular weight is 320 g/mol.